The summed E-state index contributed by atoms with van der Waals surface area (Å²) in [6.07, 6.45) is 4.81. The second-order valence-electron chi connectivity index (χ2n) is 11.9. The molecule has 1 saturated carbocycles. The van der Waals surface area contributed by atoms with Crippen LogP contribution in [0.4, 0.5) is 15.9 Å². The van der Waals surface area contributed by atoms with Crippen molar-refractivity contribution >= 4 is 28.2 Å². The first-order valence-corrected chi connectivity index (χ1v) is 14.8. The summed E-state index contributed by atoms with van der Waals surface area (Å²) in [7, 11) is 0. The average molecular weight is 562 g/mol. The van der Waals surface area contributed by atoms with Gasteiger partial charge in [-0.05, 0) is 68.3 Å². The highest BCUT2D eigenvalue weighted by Gasteiger charge is 2.46. The minimum absolute atomic E-state index is 0.0156. The molecular weight excluding hydrogens is 525 g/mol. The summed E-state index contributed by atoms with van der Waals surface area (Å²) < 4.78 is 26.9. The molecule has 0 radical (unpaired) electrons. The number of nitrogens with zero attached hydrogens (tertiary/aromatic N) is 5. The third kappa shape index (κ3) is 4.86. The normalized spacial score (nSPS) is 20.2. The molecule has 3 fully saturated rings. The van der Waals surface area contributed by atoms with E-state index in [9.17, 15) is 14.3 Å². The number of halogens is 1. The highest BCUT2D eigenvalue weighted by Crippen LogP contribution is 2.47. The van der Waals surface area contributed by atoms with Crippen LogP contribution in [0.3, 0.4) is 0 Å². The first kappa shape index (κ1) is 26.4. The Labute approximate surface area is 238 Å². The summed E-state index contributed by atoms with van der Waals surface area (Å²) in [6, 6.07) is 6.49. The Morgan fingerprint density at radius 3 is 2.71 bits per heavy atom. The molecule has 3 aliphatic heterocycles. The van der Waals surface area contributed by atoms with Gasteiger partial charge < -0.3 is 29.3 Å². The van der Waals surface area contributed by atoms with Gasteiger partial charge in [0.05, 0.1) is 31.1 Å². The zero-order valence-electron chi connectivity index (χ0n) is 23.5. The summed E-state index contributed by atoms with van der Waals surface area (Å²) in [5.41, 5.74) is 2.16. The van der Waals surface area contributed by atoms with E-state index in [0.29, 0.717) is 78.4 Å². The van der Waals surface area contributed by atoms with Gasteiger partial charge in [-0.3, -0.25) is 4.79 Å². The van der Waals surface area contributed by atoms with Crippen molar-refractivity contribution in [1.29, 1.82) is 0 Å². The van der Waals surface area contributed by atoms with Gasteiger partial charge in [-0.1, -0.05) is 13.0 Å². The summed E-state index contributed by atoms with van der Waals surface area (Å²) in [6.45, 7) is 8.49. The number of hydrogen-bond donors (Lipinski definition) is 1. The molecule has 4 aliphatic rings. The van der Waals surface area contributed by atoms with Crippen molar-refractivity contribution in [2.75, 3.05) is 62.3 Å². The molecule has 7 rings (SSSR count). The first-order chi connectivity index (χ1) is 19.9. The van der Waals surface area contributed by atoms with Gasteiger partial charge in [0.15, 0.2) is 0 Å². The van der Waals surface area contributed by atoms with Crippen LogP contribution in [0, 0.1) is 11.2 Å². The van der Waals surface area contributed by atoms with Gasteiger partial charge in [0.25, 0.3) is 5.91 Å². The third-order valence-electron chi connectivity index (χ3n) is 8.98. The summed E-state index contributed by atoms with van der Waals surface area (Å²) in [4.78, 5) is 29.9. The molecule has 0 spiro atoms. The van der Waals surface area contributed by atoms with Crippen LogP contribution >= 0.6 is 0 Å². The number of carbonyl (C=O) groups excluding carboxylic acids is 1. The van der Waals surface area contributed by atoms with Crippen molar-refractivity contribution in [3.8, 4) is 11.8 Å². The van der Waals surface area contributed by atoms with Crippen molar-refractivity contribution in [3.05, 3.63) is 46.9 Å². The Balaban J connectivity index is 1.26. The topological polar surface area (TPSA) is 91.3 Å². The van der Waals surface area contributed by atoms with Crippen LogP contribution in [0.2, 0.25) is 0 Å². The molecule has 0 atom stereocenters. The van der Waals surface area contributed by atoms with Crippen LogP contribution in [0.1, 0.15) is 54.2 Å². The molecule has 2 saturated heterocycles. The SMILES string of the molecule is CCc1c(F)ccc2cc(O)cc(N3Cc4nc(OCC5(CN6CCC6)CC5)nc(N5CCCOCC5)c4C3=O)c12. The standard InChI is InChI=1S/C31H36FN5O4/c1-2-22-23(32)6-5-20-15-21(38)16-25(26(20)22)37-17-24-27(29(37)39)28(36-11-4-13-40-14-12-36)34-30(33-24)41-19-31(7-8-31)18-35-9-3-10-35/h5-6,15-16,38H,2-4,7-14,17-19H2,1H3. The zero-order valence-corrected chi connectivity index (χ0v) is 23.5. The van der Waals surface area contributed by atoms with Crippen LogP contribution in [-0.4, -0.2) is 78.4 Å². The third-order valence-corrected chi connectivity index (χ3v) is 8.98. The Morgan fingerprint density at radius 2 is 1.95 bits per heavy atom. The van der Waals surface area contributed by atoms with Gasteiger partial charge in [-0.2, -0.15) is 9.97 Å². The van der Waals surface area contributed by atoms with Gasteiger partial charge >= 0.3 is 6.01 Å². The summed E-state index contributed by atoms with van der Waals surface area (Å²) in [5, 5.41) is 11.9. The van der Waals surface area contributed by atoms with Crippen LogP contribution in [0.25, 0.3) is 10.8 Å². The number of benzene rings is 2. The fraction of sp³-hybridized carbons (Fsp3) is 0.516. The molecule has 1 aliphatic carbocycles. The van der Waals surface area contributed by atoms with E-state index in [-0.39, 0.29) is 35.4 Å². The van der Waals surface area contributed by atoms with Crippen molar-refractivity contribution in [2.24, 2.45) is 5.41 Å². The lowest BCUT2D eigenvalue weighted by Crippen LogP contribution is -2.42. The smallest absolute Gasteiger partial charge is 0.318 e. The number of aromatic hydroxyl groups is 1. The number of carbonyl (C=O) groups is 1. The molecule has 2 aromatic carbocycles. The Hall–Kier alpha value is -3.50. The molecule has 0 unspecified atom stereocenters. The predicted octanol–water partition coefficient (Wildman–Crippen LogP) is 4.29. The van der Waals surface area contributed by atoms with Crippen molar-refractivity contribution in [2.45, 2.75) is 45.6 Å². The maximum Gasteiger partial charge on any atom is 0.318 e. The number of aryl methyl sites for hydroxylation is 1. The Morgan fingerprint density at radius 1 is 1.10 bits per heavy atom. The van der Waals surface area contributed by atoms with E-state index in [1.807, 2.05) is 6.92 Å². The van der Waals surface area contributed by atoms with E-state index in [0.717, 1.165) is 38.9 Å². The molecule has 1 N–H and O–H groups in total. The van der Waals surface area contributed by atoms with Crippen LogP contribution < -0.4 is 14.5 Å². The summed E-state index contributed by atoms with van der Waals surface area (Å²) >= 11 is 0. The second-order valence-corrected chi connectivity index (χ2v) is 11.9. The monoisotopic (exact) mass is 561 g/mol. The van der Waals surface area contributed by atoms with E-state index in [2.05, 4.69) is 9.80 Å². The number of phenolic OH excluding ortho intramolecular Hbond substituents is 1. The molecule has 9 nitrogen and oxygen atoms in total. The lowest BCUT2D eigenvalue weighted by molar-refractivity contribution is 0.0996. The number of rotatable bonds is 8. The molecule has 4 heterocycles. The number of amides is 1. The van der Waals surface area contributed by atoms with Crippen molar-refractivity contribution in [1.82, 2.24) is 14.9 Å². The first-order valence-electron chi connectivity index (χ1n) is 14.8. The number of phenols is 1. The Bertz CT molecular complexity index is 1500. The fourth-order valence-electron chi connectivity index (χ4n) is 6.40. The van der Waals surface area contributed by atoms with E-state index in [1.165, 1.54) is 12.5 Å². The maximum absolute atomic E-state index is 14.9. The van der Waals surface area contributed by atoms with Gasteiger partial charge in [-0.15, -0.1) is 0 Å². The highest BCUT2D eigenvalue weighted by atomic mass is 19.1. The number of fused-ring (bicyclic) bond motifs is 2. The molecule has 1 amide bonds. The van der Waals surface area contributed by atoms with Gasteiger partial charge in [0, 0.05) is 43.1 Å². The number of anilines is 2. The number of hydrogen-bond acceptors (Lipinski definition) is 8. The number of likely N-dealkylation sites (tertiary alicyclic amines) is 1. The minimum Gasteiger partial charge on any atom is -0.508 e. The zero-order chi connectivity index (χ0) is 28.1. The molecular formula is C31H36FN5O4. The van der Waals surface area contributed by atoms with E-state index < -0.39 is 0 Å². The van der Waals surface area contributed by atoms with Crippen LogP contribution in [0.15, 0.2) is 24.3 Å². The lowest BCUT2D eigenvalue weighted by atomic mass is 9.99. The van der Waals surface area contributed by atoms with E-state index >= 15 is 0 Å². The summed E-state index contributed by atoms with van der Waals surface area (Å²) in [5.74, 6) is -0.0192. The molecule has 41 heavy (non-hydrogen) atoms. The second kappa shape index (κ2) is 10.4. The number of ether oxygens (including phenoxy) is 2. The van der Waals surface area contributed by atoms with Crippen LogP contribution in [0.5, 0.6) is 11.8 Å². The molecule has 10 heteroatoms. The quantitative estimate of drug-likeness (QED) is 0.436. The fourth-order valence-corrected chi connectivity index (χ4v) is 6.40. The molecule has 1 aromatic heterocycles. The predicted molar refractivity (Wildman–Crippen MR) is 153 cm³/mol. The average Bonchev–Trinajstić information content (AvgIpc) is 3.70. The largest absolute Gasteiger partial charge is 0.508 e. The van der Waals surface area contributed by atoms with Crippen LogP contribution in [-0.2, 0) is 17.7 Å². The minimum atomic E-state index is -0.330. The van der Waals surface area contributed by atoms with E-state index in [1.54, 1.807) is 23.1 Å². The van der Waals surface area contributed by atoms with Gasteiger partial charge in [-0.25, -0.2) is 4.39 Å². The van der Waals surface area contributed by atoms with Crippen molar-refractivity contribution < 1.29 is 23.8 Å². The highest BCUT2D eigenvalue weighted by molar-refractivity contribution is 6.16. The maximum atomic E-state index is 14.9. The van der Waals surface area contributed by atoms with Crippen molar-refractivity contribution in [3.63, 3.8) is 0 Å². The Kier molecular flexibility index (Phi) is 6.70. The lowest BCUT2D eigenvalue weighted by Gasteiger charge is -2.34. The van der Waals surface area contributed by atoms with Gasteiger partial charge in [0.2, 0.25) is 0 Å². The van der Waals surface area contributed by atoms with Gasteiger partial charge in [0.1, 0.15) is 22.9 Å². The molecule has 216 valence electrons. The molecule has 3 aromatic rings. The molecule has 0 bridgehead atoms. The van der Waals surface area contributed by atoms with E-state index in [4.69, 9.17) is 19.4 Å². The number of aromatic nitrogens is 2.